The highest BCUT2D eigenvalue weighted by molar-refractivity contribution is 8.00. The fraction of sp³-hybridized carbons (Fsp3) is 0.294. The fourth-order valence-electron chi connectivity index (χ4n) is 1.71. The van der Waals surface area contributed by atoms with Crippen molar-refractivity contribution in [2.45, 2.75) is 25.7 Å². The Bertz CT molecular complexity index is 651. The average Bonchev–Trinajstić information content (AvgIpc) is 2.60. The van der Waals surface area contributed by atoms with Gasteiger partial charge in [0.1, 0.15) is 17.3 Å². The van der Waals surface area contributed by atoms with E-state index >= 15 is 0 Å². The van der Waals surface area contributed by atoms with E-state index in [1.165, 1.54) is 31.0 Å². The topological polar surface area (TPSA) is 30.5 Å². The smallest absolute Gasteiger partial charge is 0.152 e. The van der Waals surface area contributed by atoms with Gasteiger partial charge in [-0.15, -0.1) is 0 Å². The van der Waals surface area contributed by atoms with Crippen LogP contribution in [0.15, 0.2) is 35.2 Å². The van der Waals surface area contributed by atoms with Crippen molar-refractivity contribution in [1.82, 2.24) is 0 Å². The monoisotopic (exact) mass is 341 g/mol. The average molecular weight is 341 g/mol. The molecule has 0 bridgehead atoms. The zero-order chi connectivity index (χ0) is 17.4. The Balaban J connectivity index is 0.00000127. The van der Waals surface area contributed by atoms with Crippen molar-refractivity contribution in [3.05, 3.63) is 47.5 Å². The van der Waals surface area contributed by atoms with Crippen molar-refractivity contribution < 1.29 is 18.3 Å². The number of hydrogen-bond acceptors (Lipinski definition) is 4. The van der Waals surface area contributed by atoms with E-state index in [0.717, 1.165) is 4.90 Å². The van der Waals surface area contributed by atoms with Gasteiger partial charge in [0.15, 0.2) is 5.82 Å². The second-order valence-corrected chi connectivity index (χ2v) is 5.10. The quantitative estimate of drug-likeness (QED) is 0.734. The molecule has 0 aliphatic carbocycles. The minimum absolute atomic E-state index is 0.0155. The van der Waals surface area contributed by atoms with E-state index in [2.05, 4.69) is 4.72 Å². The van der Waals surface area contributed by atoms with Gasteiger partial charge in [-0.2, -0.15) is 0 Å². The van der Waals surface area contributed by atoms with Crippen LogP contribution in [0.2, 0.25) is 0 Å². The van der Waals surface area contributed by atoms with E-state index in [9.17, 15) is 8.78 Å². The molecule has 0 amide bonds. The summed E-state index contributed by atoms with van der Waals surface area (Å²) in [5.41, 5.74) is 0.196. The standard InChI is InChI=1S/C15H15F2NO2S.C2H6/c1-9-11(16)5-6-12(15(9)17)18-21-14-8-10(19-2)4-7-13(14)20-3;1-2/h4-8,18H,1-3H3;1-2H3. The molecule has 23 heavy (non-hydrogen) atoms. The molecule has 0 saturated heterocycles. The molecule has 0 heterocycles. The number of halogens is 2. The molecule has 1 N–H and O–H groups in total. The third kappa shape index (κ3) is 4.76. The lowest BCUT2D eigenvalue weighted by atomic mass is 10.2. The van der Waals surface area contributed by atoms with Crippen LogP contribution in [0.5, 0.6) is 11.5 Å². The molecule has 0 saturated carbocycles. The van der Waals surface area contributed by atoms with Gasteiger partial charge in [-0.05, 0) is 49.2 Å². The summed E-state index contributed by atoms with van der Waals surface area (Å²) in [5, 5.41) is 0. The first-order chi connectivity index (χ1) is 11.1. The number of benzene rings is 2. The Labute approximate surface area is 140 Å². The molecule has 126 valence electrons. The van der Waals surface area contributed by atoms with E-state index in [1.54, 1.807) is 32.4 Å². The molecule has 2 rings (SSSR count). The third-order valence-corrected chi connectivity index (χ3v) is 3.82. The number of nitrogens with one attached hydrogen (secondary N) is 1. The van der Waals surface area contributed by atoms with Crippen molar-refractivity contribution in [3.8, 4) is 11.5 Å². The Morgan fingerprint density at radius 3 is 2.30 bits per heavy atom. The Morgan fingerprint density at radius 1 is 1.00 bits per heavy atom. The maximum atomic E-state index is 13.9. The highest BCUT2D eigenvalue weighted by Gasteiger charge is 2.11. The Kier molecular flexibility index (Phi) is 7.68. The predicted molar refractivity (Wildman–Crippen MR) is 91.5 cm³/mol. The second-order valence-electron chi connectivity index (χ2n) is 4.25. The lowest BCUT2D eigenvalue weighted by molar-refractivity contribution is 0.394. The highest BCUT2D eigenvalue weighted by atomic mass is 32.2. The Hall–Kier alpha value is -1.95. The summed E-state index contributed by atoms with van der Waals surface area (Å²) in [5.74, 6) is 0.120. The van der Waals surface area contributed by atoms with Gasteiger partial charge in [0.2, 0.25) is 0 Å². The molecule has 3 nitrogen and oxygen atoms in total. The number of anilines is 1. The van der Waals surface area contributed by atoms with Crippen LogP contribution in [-0.2, 0) is 0 Å². The van der Waals surface area contributed by atoms with Crippen molar-refractivity contribution in [3.63, 3.8) is 0 Å². The van der Waals surface area contributed by atoms with Gasteiger partial charge in [-0.1, -0.05) is 13.8 Å². The van der Waals surface area contributed by atoms with Crippen LogP contribution in [0.4, 0.5) is 14.5 Å². The van der Waals surface area contributed by atoms with Gasteiger partial charge in [0.05, 0.1) is 24.8 Å². The molecule has 0 unspecified atom stereocenters. The molecule has 0 aromatic heterocycles. The Morgan fingerprint density at radius 2 is 1.70 bits per heavy atom. The summed E-state index contributed by atoms with van der Waals surface area (Å²) in [6.45, 7) is 5.40. The predicted octanol–water partition coefficient (Wildman–Crippen LogP) is 5.44. The SMILES string of the molecule is CC.COc1ccc(OC)c(SNc2ccc(F)c(C)c2F)c1. The molecule has 2 aromatic rings. The maximum absolute atomic E-state index is 13.9. The first-order valence-electron chi connectivity index (χ1n) is 7.16. The summed E-state index contributed by atoms with van der Waals surface area (Å²) in [6, 6.07) is 7.88. The fourth-order valence-corrected chi connectivity index (χ4v) is 2.52. The highest BCUT2D eigenvalue weighted by Crippen LogP contribution is 2.34. The lowest BCUT2D eigenvalue weighted by Crippen LogP contribution is -1.97. The van der Waals surface area contributed by atoms with Crippen LogP contribution in [-0.4, -0.2) is 14.2 Å². The van der Waals surface area contributed by atoms with Crippen molar-refractivity contribution in [2.75, 3.05) is 18.9 Å². The molecule has 0 radical (unpaired) electrons. The number of hydrogen-bond donors (Lipinski definition) is 1. The van der Waals surface area contributed by atoms with Crippen LogP contribution < -0.4 is 14.2 Å². The van der Waals surface area contributed by atoms with Crippen LogP contribution in [0.25, 0.3) is 0 Å². The molecule has 0 aliphatic heterocycles. The zero-order valence-corrected chi connectivity index (χ0v) is 14.7. The summed E-state index contributed by atoms with van der Waals surface area (Å²) in [7, 11) is 3.11. The van der Waals surface area contributed by atoms with Gasteiger partial charge in [-0.25, -0.2) is 8.78 Å². The maximum Gasteiger partial charge on any atom is 0.152 e. The van der Waals surface area contributed by atoms with Gasteiger partial charge in [-0.3, -0.25) is 0 Å². The third-order valence-electron chi connectivity index (χ3n) is 2.96. The van der Waals surface area contributed by atoms with Crippen molar-refractivity contribution in [1.29, 1.82) is 0 Å². The zero-order valence-electron chi connectivity index (χ0n) is 13.9. The normalized spacial score (nSPS) is 9.70. The first-order valence-corrected chi connectivity index (χ1v) is 7.98. The van der Waals surface area contributed by atoms with Gasteiger partial charge in [0, 0.05) is 5.56 Å². The minimum Gasteiger partial charge on any atom is -0.497 e. The van der Waals surface area contributed by atoms with Gasteiger partial charge < -0.3 is 14.2 Å². The minimum atomic E-state index is -0.607. The van der Waals surface area contributed by atoms with Crippen LogP contribution in [0.3, 0.4) is 0 Å². The van der Waals surface area contributed by atoms with E-state index in [1.807, 2.05) is 13.8 Å². The van der Waals surface area contributed by atoms with E-state index < -0.39 is 11.6 Å². The largest absolute Gasteiger partial charge is 0.497 e. The molecule has 2 aromatic carbocycles. The number of methoxy groups -OCH3 is 2. The van der Waals surface area contributed by atoms with Crippen LogP contribution >= 0.6 is 11.9 Å². The molecular formula is C17H21F2NO2S. The second kappa shape index (κ2) is 9.25. The summed E-state index contributed by atoms with van der Waals surface area (Å²) in [6.07, 6.45) is 0. The summed E-state index contributed by atoms with van der Waals surface area (Å²) < 4.78 is 40.4. The molecular weight excluding hydrogens is 320 g/mol. The van der Waals surface area contributed by atoms with E-state index in [4.69, 9.17) is 9.47 Å². The first kappa shape index (κ1) is 19.1. The van der Waals surface area contributed by atoms with Crippen molar-refractivity contribution in [2.24, 2.45) is 0 Å². The summed E-state index contributed by atoms with van der Waals surface area (Å²) >= 11 is 1.17. The molecule has 0 spiro atoms. The van der Waals surface area contributed by atoms with E-state index in [0.29, 0.717) is 11.5 Å². The number of rotatable bonds is 5. The molecule has 0 atom stereocenters. The molecule has 0 fully saturated rings. The molecule has 0 aliphatic rings. The molecule has 6 heteroatoms. The van der Waals surface area contributed by atoms with E-state index in [-0.39, 0.29) is 11.3 Å². The van der Waals surface area contributed by atoms with Crippen LogP contribution in [0.1, 0.15) is 19.4 Å². The summed E-state index contributed by atoms with van der Waals surface area (Å²) in [4.78, 5) is 0.734. The van der Waals surface area contributed by atoms with Gasteiger partial charge in [0.25, 0.3) is 0 Å². The van der Waals surface area contributed by atoms with Gasteiger partial charge >= 0.3 is 0 Å². The lowest BCUT2D eigenvalue weighted by Gasteiger charge is -2.12. The van der Waals surface area contributed by atoms with Crippen molar-refractivity contribution >= 4 is 17.6 Å². The van der Waals surface area contributed by atoms with Crippen LogP contribution in [0, 0.1) is 18.6 Å². The number of ether oxygens (including phenoxy) is 2.